The Morgan fingerprint density at radius 3 is 3.13 bits per heavy atom. The molecule has 0 spiro atoms. The fraction of sp³-hybridized carbons (Fsp3) is 0.562. The average Bonchev–Trinajstić information content (AvgIpc) is 3.09. The molecule has 1 saturated heterocycles. The van der Waals surface area contributed by atoms with E-state index in [0.717, 1.165) is 48.3 Å². The fourth-order valence-corrected chi connectivity index (χ4v) is 4.76. The van der Waals surface area contributed by atoms with E-state index in [1.165, 1.54) is 4.88 Å². The highest BCUT2D eigenvalue weighted by atomic mass is 32.1. The zero-order chi connectivity index (χ0) is 16.0. The predicted octanol–water partition coefficient (Wildman–Crippen LogP) is 1.29. The first-order chi connectivity index (χ1) is 11.2. The van der Waals surface area contributed by atoms with Gasteiger partial charge in [0.05, 0.1) is 17.8 Å². The van der Waals surface area contributed by atoms with Gasteiger partial charge in [-0.15, -0.1) is 11.3 Å². The number of nitrogens with one attached hydrogen (secondary N) is 1. The number of nitrogens with zero attached hydrogens (tertiary/aromatic N) is 3. The first-order valence-corrected chi connectivity index (χ1v) is 9.00. The van der Waals surface area contributed by atoms with Crippen molar-refractivity contribution in [3.63, 3.8) is 0 Å². The zero-order valence-corrected chi connectivity index (χ0v) is 14.0. The minimum Gasteiger partial charge on any atom is -0.341 e. The van der Waals surface area contributed by atoms with Crippen LogP contribution in [0, 0.1) is 0 Å². The molecule has 2 aliphatic rings. The second kappa shape index (κ2) is 5.72. The number of likely N-dealkylation sites (tertiary alicyclic amines) is 1. The van der Waals surface area contributed by atoms with Crippen LogP contribution in [0.2, 0.25) is 0 Å². The molecular formula is C16H20N4O2S. The molecule has 0 unspecified atom stereocenters. The van der Waals surface area contributed by atoms with Crippen LogP contribution >= 0.6 is 11.3 Å². The lowest BCUT2D eigenvalue weighted by atomic mass is 10.1. The number of aromatic nitrogens is 2. The normalized spacial score (nSPS) is 21.2. The molecule has 0 bridgehead atoms. The topological polar surface area (TPSA) is 67.2 Å². The van der Waals surface area contributed by atoms with Crippen LogP contribution in [0.4, 0.5) is 0 Å². The van der Waals surface area contributed by atoms with Crippen LogP contribution < -0.4 is 10.9 Å². The monoisotopic (exact) mass is 332 g/mol. The molecule has 0 aliphatic carbocycles. The second-order valence-corrected chi connectivity index (χ2v) is 7.35. The van der Waals surface area contributed by atoms with Crippen molar-refractivity contribution in [2.45, 2.75) is 38.8 Å². The van der Waals surface area contributed by atoms with E-state index < -0.39 is 0 Å². The maximum atomic E-state index is 13.0. The van der Waals surface area contributed by atoms with Crippen molar-refractivity contribution in [1.29, 1.82) is 0 Å². The molecule has 0 aromatic carbocycles. The van der Waals surface area contributed by atoms with Crippen molar-refractivity contribution in [3.8, 4) is 0 Å². The third-order valence-electron chi connectivity index (χ3n) is 4.74. The summed E-state index contributed by atoms with van der Waals surface area (Å²) in [7, 11) is 0. The SMILES string of the molecule is CCCN1C[C@H](n2cnc3sc4c(c3c2=O)CCNC4)CC1=O. The van der Waals surface area contributed by atoms with Crippen molar-refractivity contribution in [2.24, 2.45) is 0 Å². The van der Waals surface area contributed by atoms with Crippen LogP contribution in [0.25, 0.3) is 10.2 Å². The summed E-state index contributed by atoms with van der Waals surface area (Å²) in [6, 6.07) is -0.0873. The highest BCUT2D eigenvalue weighted by Crippen LogP contribution is 2.30. The summed E-state index contributed by atoms with van der Waals surface area (Å²) in [5, 5.41) is 4.11. The molecule has 6 nitrogen and oxygen atoms in total. The molecule has 4 rings (SSSR count). The van der Waals surface area contributed by atoms with Crippen LogP contribution in [0.15, 0.2) is 11.1 Å². The summed E-state index contributed by atoms with van der Waals surface area (Å²) >= 11 is 1.61. The molecule has 1 atom stereocenters. The van der Waals surface area contributed by atoms with Gasteiger partial charge in [-0.2, -0.15) is 0 Å². The molecule has 122 valence electrons. The molecular weight excluding hydrogens is 312 g/mol. The van der Waals surface area contributed by atoms with Gasteiger partial charge in [-0.3, -0.25) is 14.2 Å². The first kappa shape index (κ1) is 14.8. The Balaban J connectivity index is 1.76. The van der Waals surface area contributed by atoms with E-state index in [4.69, 9.17) is 0 Å². The highest BCUT2D eigenvalue weighted by molar-refractivity contribution is 7.18. The zero-order valence-electron chi connectivity index (χ0n) is 13.2. The van der Waals surface area contributed by atoms with Crippen molar-refractivity contribution in [1.82, 2.24) is 19.8 Å². The van der Waals surface area contributed by atoms with E-state index in [-0.39, 0.29) is 17.5 Å². The van der Waals surface area contributed by atoms with E-state index in [9.17, 15) is 9.59 Å². The molecule has 1 N–H and O–H groups in total. The minimum absolute atomic E-state index is 0.0190. The summed E-state index contributed by atoms with van der Waals surface area (Å²) in [4.78, 5) is 33.5. The molecule has 0 saturated carbocycles. The Morgan fingerprint density at radius 1 is 1.43 bits per heavy atom. The lowest BCUT2D eigenvalue weighted by Crippen LogP contribution is -2.30. The van der Waals surface area contributed by atoms with Gasteiger partial charge in [0.25, 0.3) is 5.56 Å². The Labute approximate surface area is 138 Å². The Morgan fingerprint density at radius 2 is 2.30 bits per heavy atom. The first-order valence-electron chi connectivity index (χ1n) is 8.19. The molecule has 2 aromatic heterocycles. The van der Waals surface area contributed by atoms with Gasteiger partial charge < -0.3 is 10.2 Å². The summed E-state index contributed by atoms with van der Waals surface area (Å²) in [6.07, 6.45) is 3.85. The maximum absolute atomic E-state index is 13.0. The second-order valence-electron chi connectivity index (χ2n) is 6.27. The maximum Gasteiger partial charge on any atom is 0.262 e. The van der Waals surface area contributed by atoms with Gasteiger partial charge in [-0.25, -0.2) is 4.98 Å². The number of amides is 1. The van der Waals surface area contributed by atoms with Crippen molar-refractivity contribution < 1.29 is 4.79 Å². The van der Waals surface area contributed by atoms with Crippen LogP contribution in [-0.4, -0.2) is 40.0 Å². The fourth-order valence-electron chi connectivity index (χ4n) is 3.61. The van der Waals surface area contributed by atoms with Gasteiger partial charge in [-0.05, 0) is 24.9 Å². The third-order valence-corrected chi connectivity index (χ3v) is 5.88. The molecule has 1 fully saturated rings. The van der Waals surface area contributed by atoms with E-state index in [1.54, 1.807) is 22.2 Å². The summed E-state index contributed by atoms with van der Waals surface area (Å²) < 4.78 is 1.69. The largest absolute Gasteiger partial charge is 0.341 e. The van der Waals surface area contributed by atoms with Crippen molar-refractivity contribution in [2.75, 3.05) is 19.6 Å². The van der Waals surface area contributed by atoms with Crippen LogP contribution in [0.3, 0.4) is 0 Å². The number of fused-ring (bicyclic) bond motifs is 3. The van der Waals surface area contributed by atoms with Crippen molar-refractivity contribution in [3.05, 3.63) is 27.1 Å². The van der Waals surface area contributed by atoms with E-state index in [2.05, 4.69) is 17.2 Å². The van der Waals surface area contributed by atoms with Gasteiger partial charge in [0.1, 0.15) is 4.83 Å². The van der Waals surface area contributed by atoms with Gasteiger partial charge >= 0.3 is 0 Å². The summed E-state index contributed by atoms with van der Waals surface area (Å²) in [5.74, 6) is 0.139. The number of carbonyl (C=O) groups is 1. The number of rotatable bonds is 3. The number of hydrogen-bond donors (Lipinski definition) is 1. The Bertz CT molecular complexity index is 825. The number of carbonyl (C=O) groups excluding carboxylic acids is 1. The van der Waals surface area contributed by atoms with Crippen LogP contribution in [-0.2, 0) is 17.8 Å². The van der Waals surface area contributed by atoms with Gasteiger partial charge in [0.15, 0.2) is 0 Å². The van der Waals surface area contributed by atoms with Crippen molar-refractivity contribution >= 4 is 27.5 Å². The molecule has 2 aromatic rings. The standard InChI is InChI=1S/C16H20N4O2S/c1-2-5-19-8-10(6-13(19)21)20-9-18-15-14(16(20)22)11-3-4-17-7-12(11)23-15/h9-10,17H,2-8H2,1H3/t10-/m1/s1. The molecule has 4 heterocycles. The Hall–Kier alpha value is -1.73. The third kappa shape index (κ3) is 2.38. The number of thiophene rings is 1. The van der Waals surface area contributed by atoms with Crippen LogP contribution in [0.5, 0.6) is 0 Å². The Kier molecular flexibility index (Phi) is 3.69. The molecule has 0 radical (unpaired) electrons. The molecule has 23 heavy (non-hydrogen) atoms. The quantitative estimate of drug-likeness (QED) is 0.920. The summed E-state index contributed by atoms with van der Waals surface area (Å²) in [6.45, 7) is 5.17. The minimum atomic E-state index is -0.0873. The summed E-state index contributed by atoms with van der Waals surface area (Å²) in [5.41, 5.74) is 1.18. The molecule has 1 amide bonds. The predicted molar refractivity (Wildman–Crippen MR) is 89.8 cm³/mol. The van der Waals surface area contributed by atoms with Gasteiger partial charge in [0.2, 0.25) is 5.91 Å². The van der Waals surface area contributed by atoms with E-state index >= 15 is 0 Å². The highest BCUT2D eigenvalue weighted by Gasteiger charge is 2.31. The smallest absolute Gasteiger partial charge is 0.262 e. The van der Waals surface area contributed by atoms with Crippen LogP contribution in [0.1, 0.15) is 36.2 Å². The lowest BCUT2D eigenvalue weighted by molar-refractivity contribution is -0.127. The van der Waals surface area contributed by atoms with Gasteiger partial charge in [-0.1, -0.05) is 6.92 Å². The molecule has 7 heteroatoms. The molecule has 2 aliphatic heterocycles. The number of hydrogen-bond acceptors (Lipinski definition) is 5. The van der Waals surface area contributed by atoms with Gasteiger partial charge in [0, 0.05) is 30.9 Å². The van der Waals surface area contributed by atoms with E-state index in [0.29, 0.717) is 13.0 Å². The lowest BCUT2D eigenvalue weighted by Gasteiger charge is -2.16. The average molecular weight is 332 g/mol. The van der Waals surface area contributed by atoms with E-state index in [1.807, 2.05) is 4.90 Å².